The molecule has 2 aromatic carbocycles. The predicted molar refractivity (Wildman–Crippen MR) is 127 cm³/mol. The number of hydrogen-bond donors (Lipinski definition) is 0. The fourth-order valence-electron chi connectivity index (χ4n) is 3.86. The number of halogens is 1. The van der Waals surface area contributed by atoms with Crippen LogP contribution in [-0.4, -0.2) is 41.9 Å². The van der Waals surface area contributed by atoms with Crippen LogP contribution in [0.2, 0.25) is 5.02 Å². The van der Waals surface area contributed by atoms with E-state index in [2.05, 4.69) is 36.9 Å². The number of amides is 1. The van der Waals surface area contributed by atoms with Gasteiger partial charge in [-0.05, 0) is 66.2 Å². The fraction of sp³-hybridized carbons (Fsp3) is 0.320. The van der Waals surface area contributed by atoms with Gasteiger partial charge in [0.15, 0.2) is 0 Å². The van der Waals surface area contributed by atoms with Crippen molar-refractivity contribution in [3.63, 3.8) is 0 Å². The first-order valence-corrected chi connectivity index (χ1v) is 11.8. The van der Waals surface area contributed by atoms with E-state index in [1.165, 1.54) is 28.0 Å². The highest BCUT2D eigenvalue weighted by molar-refractivity contribution is 7.12. The van der Waals surface area contributed by atoms with E-state index < -0.39 is 0 Å². The molecule has 0 unspecified atom stereocenters. The highest BCUT2D eigenvalue weighted by Gasteiger charge is 2.23. The van der Waals surface area contributed by atoms with Crippen LogP contribution in [0.5, 0.6) is 5.75 Å². The van der Waals surface area contributed by atoms with E-state index in [-0.39, 0.29) is 5.91 Å². The van der Waals surface area contributed by atoms with Gasteiger partial charge in [-0.3, -0.25) is 9.69 Å². The minimum absolute atomic E-state index is 0.119. The smallest absolute Gasteiger partial charge is 0.264 e. The lowest BCUT2D eigenvalue weighted by Gasteiger charge is -2.34. The van der Waals surface area contributed by atoms with Gasteiger partial charge in [0.2, 0.25) is 0 Å². The standard InChI is InChI=1S/C25H27ClN2O2S/c1-18-11-19(2)13-23(12-18)30-16-21-14-24(31-17-21)25(29)28-9-7-27(8-10-28)15-20-3-5-22(26)6-4-20/h3-6,11-14,17H,7-10,15-16H2,1-2H3. The number of ether oxygens (including phenoxy) is 1. The van der Waals surface area contributed by atoms with Crippen LogP contribution in [0.4, 0.5) is 0 Å². The van der Waals surface area contributed by atoms with Gasteiger partial charge in [0, 0.05) is 43.3 Å². The molecule has 6 heteroatoms. The second-order valence-electron chi connectivity index (χ2n) is 8.13. The molecule has 1 aliphatic heterocycles. The molecule has 1 fully saturated rings. The Balaban J connectivity index is 1.28. The van der Waals surface area contributed by atoms with Gasteiger partial charge in [0.05, 0.1) is 4.88 Å². The molecule has 2 heterocycles. The Morgan fingerprint density at radius 2 is 1.65 bits per heavy atom. The van der Waals surface area contributed by atoms with Crippen LogP contribution in [0, 0.1) is 13.8 Å². The average molecular weight is 455 g/mol. The Hall–Kier alpha value is -2.34. The van der Waals surface area contributed by atoms with Crippen molar-refractivity contribution in [2.75, 3.05) is 26.2 Å². The first kappa shape index (κ1) is 21.9. The SMILES string of the molecule is Cc1cc(C)cc(OCc2csc(C(=O)N3CCN(Cc4ccc(Cl)cc4)CC3)c2)c1. The zero-order chi connectivity index (χ0) is 21.8. The summed E-state index contributed by atoms with van der Waals surface area (Å²) in [7, 11) is 0. The molecular weight excluding hydrogens is 428 g/mol. The van der Waals surface area contributed by atoms with E-state index >= 15 is 0 Å². The van der Waals surface area contributed by atoms with E-state index in [0.717, 1.165) is 53.9 Å². The fourth-order valence-corrected chi connectivity index (χ4v) is 4.85. The Morgan fingerprint density at radius 1 is 0.968 bits per heavy atom. The minimum atomic E-state index is 0.119. The maximum Gasteiger partial charge on any atom is 0.264 e. The molecule has 0 spiro atoms. The van der Waals surface area contributed by atoms with Crippen molar-refractivity contribution in [1.29, 1.82) is 0 Å². The molecule has 1 amide bonds. The van der Waals surface area contributed by atoms with Gasteiger partial charge in [-0.15, -0.1) is 11.3 Å². The number of aryl methyl sites for hydroxylation is 2. The molecule has 162 valence electrons. The van der Waals surface area contributed by atoms with E-state index in [1.807, 2.05) is 40.6 Å². The molecule has 1 aromatic heterocycles. The summed E-state index contributed by atoms with van der Waals surface area (Å²) in [4.78, 5) is 18.1. The topological polar surface area (TPSA) is 32.8 Å². The monoisotopic (exact) mass is 454 g/mol. The van der Waals surface area contributed by atoms with E-state index in [0.29, 0.717) is 6.61 Å². The maximum absolute atomic E-state index is 12.9. The van der Waals surface area contributed by atoms with Gasteiger partial charge in [-0.1, -0.05) is 29.8 Å². The Bertz CT molecular complexity index is 1020. The van der Waals surface area contributed by atoms with Gasteiger partial charge in [0.1, 0.15) is 12.4 Å². The number of piperazine rings is 1. The van der Waals surface area contributed by atoms with Crippen LogP contribution in [-0.2, 0) is 13.2 Å². The van der Waals surface area contributed by atoms with Crippen LogP contribution in [0.3, 0.4) is 0 Å². The summed E-state index contributed by atoms with van der Waals surface area (Å²) in [6.45, 7) is 8.74. The molecule has 0 saturated carbocycles. The third kappa shape index (κ3) is 5.88. The first-order chi connectivity index (χ1) is 15.0. The Kier molecular flexibility index (Phi) is 6.96. The Morgan fingerprint density at radius 3 is 2.32 bits per heavy atom. The lowest BCUT2D eigenvalue weighted by Crippen LogP contribution is -2.48. The number of carbonyl (C=O) groups is 1. The van der Waals surface area contributed by atoms with Gasteiger partial charge >= 0.3 is 0 Å². The molecule has 0 N–H and O–H groups in total. The average Bonchev–Trinajstić information content (AvgIpc) is 3.22. The van der Waals surface area contributed by atoms with Crippen molar-refractivity contribution in [1.82, 2.24) is 9.80 Å². The molecule has 0 bridgehead atoms. The van der Waals surface area contributed by atoms with Crippen molar-refractivity contribution in [2.45, 2.75) is 27.0 Å². The van der Waals surface area contributed by atoms with Gasteiger partial charge < -0.3 is 9.64 Å². The van der Waals surface area contributed by atoms with Gasteiger partial charge in [-0.2, -0.15) is 0 Å². The number of carbonyl (C=O) groups excluding carboxylic acids is 1. The summed E-state index contributed by atoms with van der Waals surface area (Å²) < 4.78 is 5.94. The van der Waals surface area contributed by atoms with Crippen molar-refractivity contribution >= 4 is 28.8 Å². The van der Waals surface area contributed by atoms with Crippen LogP contribution < -0.4 is 4.74 Å². The quantitative estimate of drug-likeness (QED) is 0.489. The number of hydrogen-bond acceptors (Lipinski definition) is 4. The zero-order valence-electron chi connectivity index (χ0n) is 17.9. The molecule has 0 radical (unpaired) electrons. The second-order valence-corrected chi connectivity index (χ2v) is 9.47. The van der Waals surface area contributed by atoms with Crippen molar-refractivity contribution < 1.29 is 9.53 Å². The number of rotatable bonds is 6. The third-order valence-electron chi connectivity index (χ3n) is 5.44. The summed E-state index contributed by atoms with van der Waals surface area (Å²) in [5.74, 6) is 0.988. The molecule has 4 rings (SSSR count). The zero-order valence-corrected chi connectivity index (χ0v) is 19.5. The first-order valence-electron chi connectivity index (χ1n) is 10.5. The summed E-state index contributed by atoms with van der Waals surface area (Å²) >= 11 is 7.47. The van der Waals surface area contributed by atoms with Crippen LogP contribution >= 0.6 is 22.9 Å². The van der Waals surface area contributed by atoms with Crippen molar-refractivity contribution in [3.8, 4) is 5.75 Å². The molecule has 0 aliphatic carbocycles. The molecule has 0 atom stereocenters. The van der Waals surface area contributed by atoms with E-state index in [4.69, 9.17) is 16.3 Å². The molecule has 4 nitrogen and oxygen atoms in total. The highest BCUT2D eigenvalue weighted by Crippen LogP contribution is 2.22. The lowest BCUT2D eigenvalue weighted by molar-refractivity contribution is 0.0633. The molecule has 31 heavy (non-hydrogen) atoms. The van der Waals surface area contributed by atoms with E-state index in [1.54, 1.807) is 0 Å². The second kappa shape index (κ2) is 9.86. The molecule has 1 saturated heterocycles. The van der Waals surface area contributed by atoms with Crippen LogP contribution in [0.1, 0.15) is 31.9 Å². The number of benzene rings is 2. The van der Waals surface area contributed by atoms with Crippen LogP contribution in [0.25, 0.3) is 0 Å². The number of thiophene rings is 1. The Labute approximate surface area is 193 Å². The maximum atomic E-state index is 12.9. The normalized spacial score (nSPS) is 14.6. The summed E-state index contributed by atoms with van der Waals surface area (Å²) in [5, 5.41) is 2.78. The lowest BCUT2D eigenvalue weighted by atomic mass is 10.1. The van der Waals surface area contributed by atoms with Crippen LogP contribution in [0.15, 0.2) is 53.9 Å². The third-order valence-corrected chi connectivity index (χ3v) is 6.66. The highest BCUT2D eigenvalue weighted by atomic mass is 35.5. The summed E-state index contributed by atoms with van der Waals surface area (Å²) in [5.41, 5.74) is 4.66. The molecular formula is C25H27ClN2O2S. The predicted octanol–water partition coefficient (Wildman–Crippen LogP) is 5.56. The number of nitrogens with zero attached hydrogens (tertiary/aromatic N) is 2. The largest absolute Gasteiger partial charge is 0.489 e. The molecule has 3 aromatic rings. The van der Waals surface area contributed by atoms with Gasteiger partial charge in [0.25, 0.3) is 5.91 Å². The van der Waals surface area contributed by atoms with Crippen molar-refractivity contribution in [2.24, 2.45) is 0 Å². The summed E-state index contributed by atoms with van der Waals surface area (Å²) in [6, 6.07) is 16.1. The summed E-state index contributed by atoms with van der Waals surface area (Å²) in [6.07, 6.45) is 0. The van der Waals surface area contributed by atoms with E-state index in [9.17, 15) is 4.79 Å². The van der Waals surface area contributed by atoms with Gasteiger partial charge in [-0.25, -0.2) is 0 Å². The molecule has 1 aliphatic rings. The minimum Gasteiger partial charge on any atom is -0.489 e. The van der Waals surface area contributed by atoms with Crippen molar-refractivity contribution in [3.05, 3.63) is 86.1 Å².